The molecule has 16 heavy (non-hydrogen) atoms. The molecule has 0 atom stereocenters. The van der Waals surface area contributed by atoms with Crippen molar-refractivity contribution in [1.29, 1.82) is 0 Å². The highest BCUT2D eigenvalue weighted by Gasteiger charge is 2.12. The first-order valence-corrected chi connectivity index (χ1v) is 4.81. The lowest BCUT2D eigenvalue weighted by atomic mass is 10.2. The first-order valence-electron chi connectivity index (χ1n) is 4.81. The van der Waals surface area contributed by atoms with Gasteiger partial charge in [0.15, 0.2) is 5.78 Å². The van der Waals surface area contributed by atoms with E-state index in [1.807, 2.05) is 6.92 Å². The molecule has 0 amide bonds. The van der Waals surface area contributed by atoms with Crippen molar-refractivity contribution >= 4 is 5.78 Å². The zero-order chi connectivity index (χ0) is 11.5. The van der Waals surface area contributed by atoms with Gasteiger partial charge < -0.3 is 0 Å². The van der Waals surface area contributed by atoms with Crippen molar-refractivity contribution in [3.63, 3.8) is 0 Å². The number of ketones is 1. The van der Waals surface area contributed by atoms with Gasteiger partial charge in [-0.15, -0.1) is 0 Å². The molecule has 0 unspecified atom stereocenters. The van der Waals surface area contributed by atoms with Crippen LogP contribution in [0.4, 0.5) is 0 Å². The molecular formula is C10H11N5O. The SMILES string of the molecule is Cc1cnc(C(=O)Cc2ncnn2C)cn1. The lowest BCUT2D eigenvalue weighted by molar-refractivity contribution is 0.0984. The third-order valence-electron chi connectivity index (χ3n) is 2.19. The van der Waals surface area contributed by atoms with E-state index in [4.69, 9.17) is 0 Å². The van der Waals surface area contributed by atoms with E-state index in [2.05, 4.69) is 20.1 Å². The van der Waals surface area contributed by atoms with E-state index in [1.54, 1.807) is 17.9 Å². The van der Waals surface area contributed by atoms with Gasteiger partial charge in [-0.1, -0.05) is 0 Å². The average molecular weight is 217 g/mol. The number of nitrogens with zero attached hydrogens (tertiary/aromatic N) is 5. The zero-order valence-corrected chi connectivity index (χ0v) is 9.08. The summed E-state index contributed by atoms with van der Waals surface area (Å²) in [5.41, 5.74) is 1.14. The van der Waals surface area contributed by atoms with Gasteiger partial charge in [0.1, 0.15) is 17.8 Å². The number of hydrogen-bond acceptors (Lipinski definition) is 5. The molecule has 0 aromatic carbocycles. The van der Waals surface area contributed by atoms with Crippen LogP contribution in [0.5, 0.6) is 0 Å². The molecule has 0 fully saturated rings. The van der Waals surface area contributed by atoms with Crippen molar-refractivity contribution in [1.82, 2.24) is 24.7 Å². The molecule has 0 aliphatic heterocycles. The Labute approximate surface area is 92.4 Å². The van der Waals surface area contributed by atoms with Gasteiger partial charge >= 0.3 is 0 Å². The van der Waals surface area contributed by atoms with Crippen LogP contribution >= 0.6 is 0 Å². The molecule has 6 heteroatoms. The monoisotopic (exact) mass is 217 g/mol. The van der Waals surface area contributed by atoms with Crippen LogP contribution in [0.25, 0.3) is 0 Å². The van der Waals surface area contributed by atoms with E-state index < -0.39 is 0 Å². The van der Waals surface area contributed by atoms with Crippen LogP contribution in [0.2, 0.25) is 0 Å². The second kappa shape index (κ2) is 4.18. The number of hydrogen-bond donors (Lipinski definition) is 0. The van der Waals surface area contributed by atoms with Gasteiger partial charge in [0, 0.05) is 13.2 Å². The molecule has 82 valence electrons. The summed E-state index contributed by atoms with van der Waals surface area (Å²) in [6.07, 6.45) is 4.66. The summed E-state index contributed by atoms with van der Waals surface area (Å²) in [5, 5.41) is 3.89. The maximum absolute atomic E-state index is 11.8. The van der Waals surface area contributed by atoms with Gasteiger partial charge in [-0.2, -0.15) is 5.10 Å². The Hall–Kier alpha value is -2.11. The van der Waals surface area contributed by atoms with Crippen LogP contribution in [0.1, 0.15) is 22.0 Å². The summed E-state index contributed by atoms with van der Waals surface area (Å²) in [5.74, 6) is 0.510. The second-order valence-electron chi connectivity index (χ2n) is 3.44. The maximum Gasteiger partial charge on any atom is 0.190 e. The third-order valence-corrected chi connectivity index (χ3v) is 2.19. The summed E-state index contributed by atoms with van der Waals surface area (Å²) in [4.78, 5) is 23.8. The van der Waals surface area contributed by atoms with Crippen molar-refractivity contribution in [3.05, 3.63) is 35.9 Å². The van der Waals surface area contributed by atoms with Crippen LogP contribution in [0.15, 0.2) is 18.7 Å². The minimum Gasteiger partial charge on any atom is -0.292 e. The van der Waals surface area contributed by atoms with Gasteiger partial charge in [0.05, 0.1) is 18.3 Å². The van der Waals surface area contributed by atoms with Crippen molar-refractivity contribution in [2.45, 2.75) is 13.3 Å². The van der Waals surface area contributed by atoms with E-state index in [1.165, 1.54) is 12.5 Å². The van der Waals surface area contributed by atoms with E-state index >= 15 is 0 Å². The van der Waals surface area contributed by atoms with Crippen LogP contribution in [0.3, 0.4) is 0 Å². The Morgan fingerprint density at radius 3 is 2.69 bits per heavy atom. The molecular weight excluding hydrogens is 206 g/mol. The van der Waals surface area contributed by atoms with Crippen LogP contribution in [0, 0.1) is 6.92 Å². The van der Waals surface area contributed by atoms with Crippen LogP contribution < -0.4 is 0 Å². The van der Waals surface area contributed by atoms with E-state index in [9.17, 15) is 4.79 Å². The Bertz CT molecular complexity index is 502. The van der Waals surface area contributed by atoms with E-state index in [0.717, 1.165) is 5.69 Å². The Morgan fingerprint density at radius 2 is 2.12 bits per heavy atom. The van der Waals surface area contributed by atoms with Crippen molar-refractivity contribution in [3.8, 4) is 0 Å². The molecule has 0 saturated heterocycles. The molecule has 2 aromatic rings. The van der Waals surface area contributed by atoms with Crippen molar-refractivity contribution in [2.24, 2.45) is 7.05 Å². The molecule has 0 aliphatic carbocycles. The molecule has 0 N–H and O–H groups in total. The highest BCUT2D eigenvalue weighted by Crippen LogP contribution is 2.01. The fourth-order valence-corrected chi connectivity index (χ4v) is 1.25. The number of aromatic nitrogens is 5. The van der Waals surface area contributed by atoms with Gasteiger partial charge in [-0.25, -0.2) is 9.97 Å². The Balaban J connectivity index is 2.15. The third kappa shape index (κ3) is 2.10. The largest absolute Gasteiger partial charge is 0.292 e. The van der Waals surface area contributed by atoms with Gasteiger partial charge in [0.2, 0.25) is 0 Å². The van der Waals surface area contributed by atoms with Gasteiger partial charge in [0.25, 0.3) is 0 Å². The Kier molecular flexibility index (Phi) is 2.72. The van der Waals surface area contributed by atoms with E-state index in [-0.39, 0.29) is 12.2 Å². The molecule has 6 nitrogen and oxygen atoms in total. The summed E-state index contributed by atoms with van der Waals surface area (Å²) < 4.78 is 1.57. The lowest BCUT2D eigenvalue weighted by Crippen LogP contribution is -2.11. The van der Waals surface area contributed by atoms with Crippen molar-refractivity contribution in [2.75, 3.05) is 0 Å². The summed E-state index contributed by atoms with van der Waals surface area (Å²) in [7, 11) is 1.75. The highest BCUT2D eigenvalue weighted by molar-refractivity contribution is 5.95. The lowest BCUT2D eigenvalue weighted by Gasteiger charge is -1.99. The maximum atomic E-state index is 11.8. The topological polar surface area (TPSA) is 73.6 Å². The smallest absolute Gasteiger partial charge is 0.190 e. The van der Waals surface area contributed by atoms with Crippen LogP contribution in [-0.4, -0.2) is 30.5 Å². The molecule has 2 rings (SSSR count). The van der Waals surface area contributed by atoms with E-state index in [0.29, 0.717) is 11.5 Å². The molecule has 2 aromatic heterocycles. The number of Topliss-reactive ketones (excluding diaryl/α,β-unsaturated/α-hetero) is 1. The highest BCUT2D eigenvalue weighted by atomic mass is 16.1. The first kappa shape index (κ1) is 10.4. The van der Waals surface area contributed by atoms with Crippen LogP contribution in [-0.2, 0) is 13.5 Å². The standard InChI is InChI=1S/C10H11N5O/c1-7-4-12-8(5-11-7)9(16)3-10-13-6-14-15(10)2/h4-6H,3H2,1-2H3. The first-order chi connectivity index (χ1) is 7.66. The number of rotatable bonds is 3. The zero-order valence-electron chi connectivity index (χ0n) is 9.08. The second-order valence-corrected chi connectivity index (χ2v) is 3.44. The molecule has 0 bridgehead atoms. The summed E-state index contributed by atoms with van der Waals surface area (Å²) in [6, 6.07) is 0. The number of carbonyl (C=O) groups is 1. The quantitative estimate of drug-likeness (QED) is 0.693. The predicted octanol–water partition coefficient (Wildman–Crippen LogP) is 0.339. The summed E-state index contributed by atoms with van der Waals surface area (Å²) >= 11 is 0. The number of carbonyl (C=O) groups excluding carboxylic acids is 1. The molecule has 0 aliphatic rings. The number of aryl methyl sites for hydroxylation is 2. The minimum absolute atomic E-state index is 0.108. The fraction of sp³-hybridized carbons (Fsp3) is 0.300. The van der Waals surface area contributed by atoms with Gasteiger partial charge in [-0.3, -0.25) is 14.5 Å². The summed E-state index contributed by atoms with van der Waals surface area (Å²) in [6.45, 7) is 1.82. The fourth-order valence-electron chi connectivity index (χ4n) is 1.25. The minimum atomic E-state index is -0.108. The predicted molar refractivity (Wildman–Crippen MR) is 55.8 cm³/mol. The Morgan fingerprint density at radius 1 is 1.31 bits per heavy atom. The molecule has 0 radical (unpaired) electrons. The molecule has 0 saturated carbocycles. The molecule has 2 heterocycles. The molecule has 0 spiro atoms. The van der Waals surface area contributed by atoms with Crippen molar-refractivity contribution < 1.29 is 4.79 Å². The van der Waals surface area contributed by atoms with Gasteiger partial charge in [-0.05, 0) is 6.92 Å². The normalized spacial score (nSPS) is 10.4. The average Bonchev–Trinajstić information content (AvgIpc) is 2.65.